The van der Waals surface area contributed by atoms with E-state index < -0.39 is 0 Å². The fraction of sp³-hybridized carbons (Fsp3) is 0.833. The first kappa shape index (κ1) is 14.3. The van der Waals surface area contributed by atoms with Gasteiger partial charge in [0, 0.05) is 0 Å². The molecule has 0 aliphatic heterocycles. The maximum atomic E-state index is 3.76. The first-order valence-electron chi connectivity index (χ1n) is 5.15. The molecule has 0 N–H and O–H groups in total. The van der Waals surface area contributed by atoms with Crippen LogP contribution in [-0.4, -0.2) is 0 Å². The summed E-state index contributed by atoms with van der Waals surface area (Å²) in [6.45, 7) is 16.9. The van der Waals surface area contributed by atoms with Gasteiger partial charge in [0.1, 0.15) is 0 Å². The Bertz CT molecular complexity index is 101. The van der Waals surface area contributed by atoms with Crippen LogP contribution in [0.5, 0.6) is 0 Å². The highest BCUT2D eigenvalue weighted by Crippen LogP contribution is 2.32. The summed E-state index contributed by atoms with van der Waals surface area (Å²) in [5.74, 6) is 0.797. The molecule has 0 heterocycles. The molecule has 0 bridgehead atoms. The zero-order chi connectivity index (χ0) is 10.2. The average molecular weight is 170 g/mol. The minimum atomic E-state index is 0.441. The van der Waals surface area contributed by atoms with Gasteiger partial charge in [-0.15, -0.1) is 6.58 Å². The Hall–Kier alpha value is -0.260. The molecule has 0 fully saturated rings. The van der Waals surface area contributed by atoms with Gasteiger partial charge in [0.05, 0.1) is 0 Å². The second-order valence-corrected chi connectivity index (χ2v) is 3.79. The molecule has 0 aliphatic carbocycles. The van der Waals surface area contributed by atoms with Crippen LogP contribution in [0.2, 0.25) is 0 Å². The van der Waals surface area contributed by atoms with Crippen LogP contribution in [0.3, 0.4) is 0 Å². The van der Waals surface area contributed by atoms with Gasteiger partial charge in [0.2, 0.25) is 0 Å². The monoisotopic (exact) mass is 170 g/mol. The highest BCUT2D eigenvalue weighted by atomic mass is 14.3. The Morgan fingerprint density at radius 2 is 1.75 bits per heavy atom. The molecule has 74 valence electrons. The third-order valence-electron chi connectivity index (χ3n) is 2.62. The van der Waals surface area contributed by atoms with E-state index in [1.807, 2.05) is 19.9 Å². The van der Waals surface area contributed by atoms with E-state index in [-0.39, 0.29) is 0 Å². The summed E-state index contributed by atoms with van der Waals surface area (Å²) in [5.41, 5.74) is 0.441. The number of hydrogen-bond acceptors (Lipinski definition) is 0. The van der Waals surface area contributed by atoms with E-state index in [4.69, 9.17) is 0 Å². The number of rotatable bonds is 4. The summed E-state index contributed by atoms with van der Waals surface area (Å²) in [7, 11) is 0. The van der Waals surface area contributed by atoms with Crippen molar-refractivity contribution in [3.8, 4) is 0 Å². The Balaban J connectivity index is 0. The van der Waals surface area contributed by atoms with Crippen molar-refractivity contribution in [1.29, 1.82) is 0 Å². The van der Waals surface area contributed by atoms with Crippen molar-refractivity contribution in [2.24, 2.45) is 11.3 Å². The van der Waals surface area contributed by atoms with E-state index in [0.29, 0.717) is 5.41 Å². The molecular formula is C12H26. The summed E-state index contributed by atoms with van der Waals surface area (Å²) >= 11 is 0. The summed E-state index contributed by atoms with van der Waals surface area (Å²) < 4.78 is 0. The van der Waals surface area contributed by atoms with Crippen LogP contribution in [0, 0.1) is 11.3 Å². The molecule has 1 unspecified atom stereocenters. The van der Waals surface area contributed by atoms with E-state index >= 15 is 0 Å². The second-order valence-electron chi connectivity index (χ2n) is 3.79. The lowest BCUT2D eigenvalue weighted by Crippen LogP contribution is -2.19. The second kappa shape index (κ2) is 7.39. The molecule has 0 spiro atoms. The van der Waals surface area contributed by atoms with Crippen molar-refractivity contribution in [1.82, 2.24) is 0 Å². The van der Waals surface area contributed by atoms with Crippen molar-refractivity contribution in [2.75, 3.05) is 0 Å². The largest absolute Gasteiger partial charge is 0.103 e. The van der Waals surface area contributed by atoms with Crippen LogP contribution in [0.15, 0.2) is 12.7 Å². The van der Waals surface area contributed by atoms with Crippen LogP contribution in [-0.2, 0) is 0 Å². The van der Waals surface area contributed by atoms with Crippen LogP contribution in [0.4, 0.5) is 0 Å². The quantitative estimate of drug-likeness (QED) is 0.538. The molecule has 0 saturated heterocycles. The smallest absolute Gasteiger partial charge is 0.0294 e. The van der Waals surface area contributed by atoms with Gasteiger partial charge in [-0.1, -0.05) is 54.0 Å². The minimum Gasteiger partial charge on any atom is -0.103 e. The predicted octanol–water partition coefficient (Wildman–Crippen LogP) is 4.66. The zero-order valence-electron chi connectivity index (χ0n) is 9.78. The van der Waals surface area contributed by atoms with Crippen LogP contribution in [0.25, 0.3) is 0 Å². The molecular weight excluding hydrogens is 144 g/mol. The lowest BCUT2D eigenvalue weighted by molar-refractivity contribution is 0.228. The van der Waals surface area contributed by atoms with Gasteiger partial charge in [0.25, 0.3) is 0 Å². The van der Waals surface area contributed by atoms with Crippen molar-refractivity contribution in [2.45, 2.75) is 54.4 Å². The van der Waals surface area contributed by atoms with E-state index in [9.17, 15) is 0 Å². The Labute approximate surface area is 79.1 Å². The number of hydrogen-bond donors (Lipinski definition) is 0. The molecule has 0 aromatic carbocycles. The molecule has 0 amide bonds. The van der Waals surface area contributed by atoms with Crippen molar-refractivity contribution in [3.05, 3.63) is 12.7 Å². The highest BCUT2D eigenvalue weighted by molar-refractivity contribution is 4.82. The molecule has 0 rings (SSSR count). The van der Waals surface area contributed by atoms with Gasteiger partial charge >= 0.3 is 0 Å². The fourth-order valence-corrected chi connectivity index (χ4v) is 1.13. The predicted molar refractivity (Wildman–Crippen MR) is 59.4 cm³/mol. The fourth-order valence-electron chi connectivity index (χ4n) is 1.13. The topological polar surface area (TPSA) is 0 Å². The summed E-state index contributed by atoms with van der Waals surface area (Å²) in [5, 5.41) is 0. The molecule has 0 saturated carbocycles. The minimum absolute atomic E-state index is 0.441. The average Bonchev–Trinajstić information content (AvgIpc) is 2.06. The van der Waals surface area contributed by atoms with Gasteiger partial charge in [-0.05, 0) is 17.8 Å². The Morgan fingerprint density at radius 1 is 1.33 bits per heavy atom. The molecule has 1 atom stereocenters. The summed E-state index contributed by atoms with van der Waals surface area (Å²) in [4.78, 5) is 0. The van der Waals surface area contributed by atoms with Gasteiger partial charge in [-0.3, -0.25) is 0 Å². The maximum absolute atomic E-state index is 3.76. The molecule has 12 heavy (non-hydrogen) atoms. The molecule has 0 radical (unpaired) electrons. The van der Waals surface area contributed by atoms with E-state index in [0.717, 1.165) is 12.3 Å². The number of allylic oxidation sites excluding steroid dienone is 1. The lowest BCUT2D eigenvalue weighted by atomic mass is 9.76. The van der Waals surface area contributed by atoms with Gasteiger partial charge in [-0.2, -0.15) is 0 Å². The van der Waals surface area contributed by atoms with E-state index in [1.165, 1.54) is 6.42 Å². The zero-order valence-corrected chi connectivity index (χ0v) is 9.78. The molecule has 0 aromatic heterocycles. The highest BCUT2D eigenvalue weighted by Gasteiger charge is 2.22. The molecule has 0 nitrogen and oxygen atoms in total. The Kier molecular flexibility index (Phi) is 8.79. The van der Waals surface area contributed by atoms with Crippen molar-refractivity contribution in [3.63, 3.8) is 0 Å². The van der Waals surface area contributed by atoms with Gasteiger partial charge in [-0.25, -0.2) is 0 Å². The van der Waals surface area contributed by atoms with E-state index in [2.05, 4.69) is 34.3 Å². The van der Waals surface area contributed by atoms with Crippen LogP contribution >= 0.6 is 0 Å². The van der Waals surface area contributed by atoms with Crippen molar-refractivity contribution >= 4 is 0 Å². The molecule has 0 aliphatic rings. The van der Waals surface area contributed by atoms with Gasteiger partial charge < -0.3 is 0 Å². The standard InChI is InChI=1S/C10H20.C2H6/c1-6-8-10(4,5)9(3)7-2;1-2/h6,9H,1,7-8H2,2-5H3;1-2H3. The van der Waals surface area contributed by atoms with Crippen molar-refractivity contribution < 1.29 is 0 Å². The third-order valence-corrected chi connectivity index (χ3v) is 2.62. The van der Waals surface area contributed by atoms with E-state index in [1.54, 1.807) is 0 Å². The normalized spacial score (nSPS) is 12.8. The lowest BCUT2D eigenvalue weighted by Gasteiger charge is -2.29. The SMILES string of the molecule is C=CCC(C)(C)C(C)CC.CC. The molecule has 0 heteroatoms. The first-order valence-corrected chi connectivity index (χ1v) is 5.15. The van der Waals surface area contributed by atoms with Crippen LogP contribution < -0.4 is 0 Å². The first-order chi connectivity index (χ1) is 5.54. The molecule has 0 aromatic rings. The van der Waals surface area contributed by atoms with Crippen LogP contribution in [0.1, 0.15) is 54.4 Å². The summed E-state index contributed by atoms with van der Waals surface area (Å²) in [6, 6.07) is 0. The van der Waals surface area contributed by atoms with Gasteiger partial charge in [0.15, 0.2) is 0 Å². The Morgan fingerprint density at radius 3 is 2.00 bits per heavy atom. The third kappa shape index (κ3) is 5.40. The summed E-state index contributed by atoms with van der Waals surface area (Å²) in [6.07, 6.45) is 4.41. The maximum Gasteiger partial charge on any atom is -0.0294 e.